The summed E-state index contributed by atoms with van der Waals surface area (Å²) in [6, 6.07) is 6.34. The van der Waals surface area contributed by atoms with Crippen LogP contribution in [0.4, 0.5) is 0 Å². The van der Waals surface area contributed by atoms with Crippen LogP contribution in [0.5, 0.6) is 0 Å². The third-order valence-corrected chi connectivity index (χ3v) is 8.75. The fourth-order valence-corrected chi connectivity index (χ4v) is 6.45. The molecule has 3 heterocycles. The molecule has 0 amide bonds. The number of hydrogen-bond acceptors (Lipinski definition) is 6. The van der Waals surface area contributed by atoms with Crippen molar-refractivity contribution in [2.45, 2.75) is 21.9 Å². The SMILES string of the molecule is O=S(=O)(NCC1CCCN(S(=O)(=O)c2cccnc2)C1)c1cccs1. The zero-order chi connectivity index (χ0) is 17.9. The van der Waals surface area contributed by atoms with Crippen molar-refractivity contribution >= 4 is 31.4 Å². The molecule has 7 nitrogen and oxygen atoms in total. The molecule has 1 aliphatic heterocycles. The van der Waals surface area contributed by atoms with E-state index in [9.17, 15) is 16.8 Å². The first-order valence-corrected chi connectivity index (χ1v) is 11.6. The molecule has 136 valence electrons. The third-order valence-electron chi connectivity index (χ3n) is 4.08. The third kappa shape index (κ3) is 4.26. The first-order valence-electron chi connectivity index (χ1n) is 7.83. The quantitative estimate of drug-likeness (QED) is 0.792. The summed E-state index contributed by atoms with van der Waals surface area (Å²) in [4.78, 5) is 4.03. The van der Waals surface area contributed by atoms with Crippen LogP contribution >= 0.6 is 11.3 Å². The number of piperidine rings is 1. The molecule has 0 spiro atoms. The Bertz CT molecular complexity index is 897. The summed E-state index contributed by atoms with van der Waals surface area (Å²) < 4.78 is 54.0. The van der Waals surface area contributed by atoms with Gasteiger partial charge in [0.2, 0.25) is 20.0 Å². The predicted molar refractivity (Wildman–Crippen MR) is 95.2 cm³/mol. The first-order chi connectivity index (χ1) is 11.9. The van der Waals surface area contributed by atoms with Crippen molar-refractivity contribution in [2.75, 3.05) is 19.6 Å². The Morgan fingerprint density at radius 3 is 2.76 bits per heavy atom. The van der Waals surface area contributed by atoms with E-state index in [4.69, 9.17) is 0 Å². The van der Waals surface area contributed by atoms with Crippen molar-refractivity contribution in [1.29, 1.82) is 0 Å². The smallest absolute Gasteiger partial charge is 0.250 e. The van der Waals surface area contributed by atoms with Crippen LogP contribution in [0.2, 0.25) is 0 Å². The number of hydrogen-bond donors (Lipinski definition) is 1. The molecule has 1 N–H and O–H groups in total. The number of sulfonamides is 2. The van der Waals surface area contributed by atoms with E-state index in [1.165, 1.54) is 22.8 Å². The number of pyridine rings is 1. The van der Waals surface area contributed by atoms with Gasteiger partial charge in [-0.1, -0.05) is 6.07 Å². The maximum Gasteiger partial charge on any atom is 0.250 e. The van der Waals surface area contributed by atoms with Gasteiger partial charge < -0.3 is 0 Å². The molecule has 2 aromatic rings. The van der Waals surface area contributed by atoms with Gasteiger partial charge in [-0.2, -0.15) is 4.31 Å². The van der Waals surface area contributed by atoms with Crippen LogP contribution in [0.15, 0.2) is 51.1 Å². The fourth-order valence-electron chi connectivity index (χ4n) is 2.78. The molecule has 1 atom stereocenters. The molecule has 1 unspecified atom stereocenters. The fraction of sp³-hybridized carbons (Fsp3) is 0.400. The predicted octanol–water partition coefficient (Wildman–Crippen LogP) is 1.52. The Morgan fingerprint density at radius 2 is 2.08 bits per heavy atom. The Labute approximate surface area is 151 Å². The molecular weight excluding hydrogens is 382 g/mol. The number of thiophene rings is 1. The minimum Gasteiger partial charge on any atom is -0.263 e. The number of nitrogens with one attached hydrogen (secondary N) is 1. The lowest BCUT2D eigenvalue weighted by atomic mass is 10.0. The van der Waals surface area contributed by atoms with Crippen LogP contribution in [0.1, 0.15) is 12.8 Å². The van der Waals surface area contributed by atoms with Crippen molar-refractivity contribution < 1.29 is 16.8 Å². The summed E-state index contributed by atoms with van der Waals surface area (Å²) in [6.07, 6.45) is 4.34. The molecule has 10 heteroatoms. The Morgan fingerprint density at radius 1 is 1.24 bits per heavy atom. The molecule has 1 fully saturated rings. The van der Waals surface area contributed by atoms with Gasteiger partial charge in [0, 0.05) is 32.0 Å². The first kappa shape index (κ1) is 18.5. The van der Waals surface area contributed by atoms with Gasteiger partial charge in [-0.05, 0) is 42.3 Å². The van der Waals surface area contributed by atoms with E-state index in [1.54, 1.807) is 23.6 Å². The minimum absolute atomic E-state index is 0.0602. The van der Waals surface area contributed by atoms with Gasteiger partial charge >= 0.3 is 0 Å². The monoisotopic (exact) mass is 401 g/mol. The van der Waals surface area contributed by atoms with Crippen LogP contribution < -0.4 is 4.72 Å². The average Bonchev–Trinajstić information content (AvgIpc) is 3.17. The van der Waals surface area contributed by atoms with Crippen molar-refractivity contribution in [3.8, 4) is 0 Å². The summed E-state index contributed by atoms with van der Waals surface area (Å²) >= 11 is 1.15. The zero-order valence-corrected chi connectivity index (χ0v) is 15.9. The summed E-state index contributed by atoms with van der Waals surface area (Å²) in [5.74, 6) is -0.0602. The zero-order valence-electron chi connectivity index (χ0n) is 13.4. The topological polar surface area (TPSA) is 96.4 Å². The number of rotatable bonds is 6. The Balaban J connectivity index is 1.66. The van der Waals surface area contributed by atoms with Gasteiger partial charge in [0.25, 0.3) is 0 Å². The number of nitrogens with zero attached hydrogens (tertiary/aromatic N) is 2. The molecule has 0 aromatic carbocycles. The van der Waals surface area contributed by atoms with Gasteiger partial charge in [-0.3, -0.25) is 4.98 Å². The second kappa shape index (κ2) is 7.50. The van der Waals surface area contributed by atoms with Crippen LogP contribution in [-0.4, -0.2) is 45.8 Å². The van der Waals surface area contributed by atoms with Gasteiger partial charge in [0.15, 0.2) is 0 Å². The van der Waals surface area contributed by atoms with E-state index in [1.807, 2.05) is 0 Å². The molecule has 1 aliphatic rings. The van der Waals surface area contributed by atoms with Crippen molar-refractivity contribution in [2.24, 2.45) is 5.92 Å². The van der Waals surface area contributed by atoms with Gasteiger partial charge in [0.05, 0.1) is 0 Å². The summed E-state index contributed by atoms with van der Waals surface area (Å²) in [5.41, 5.74) is 0. The standard InChI is InChI=1S/C15H19N3O4S3/c19-24(20,15-6-3-9-23-15)17-10-13-4-2-8-18(12-13)25(21,22)14-5-1-7-16-11-14/h1,3,5-7,9,11,13,17H,2,4,8,10,12H2. The highest BCUT2D eigenvalue weighted by Crippen LogP contribution is 2.23. The van der Waals surface area contributed by atoms with E-state index < -0.39 is 20.0 Å². The lowest BCUT2D eigenvalue weighted by Gasteiger charge is -2.31. The van der Waals surface area contributed by atoms with E-state index >= 15 is 0 Å². The Hall–Kier alpha value is -1.33. The lowest BCUT2D eigenvalue weighted by molar-refractivity contribution is 0.267. The Kier molecular flexibility index (Phi) is 5.54. The second-order valence-electron chi connectivity index (χ2n) is 5.84. The van der Waals surface area contributed by atoms with E-state index in [-0.39, 0.29) is 21.6 Å². The summed E-state index contributed by atoms with van der Waals surface area (Å²) in [7, 11) is -7.13. The van der Waals surface area contributed by atoms with Crippen LogP contribution in [0.25, 0.3) is 0 Å². The van der Waals surface area contributed by atoms with E-state index in [0.29, 0.717) is 19.5 Å². The molecule has 1 saturated heterocycles. The van der Waals surface area contributed by atoms with Crippen LogP contribution in [-0.2, 0) is 20.0 Å². The second-order valence-corrected chi connectivity index (χ2v) is 10.7. The van der Waals surface area contributed by atoms with Gasteiger partial charge in [-0.15, -0.1) is 11.3 Å². The molecule has 0 aliphatic carbocycles. The van der Waals surface area contributed by atoms with Crippen LogP contribution in [0, 0.1) is 5.92 Å². The largest absolute Gasteiger partial charge is 0.263 e. The highest BCUT2D eigenvalue weighted by atomic mass is 32.2. The summed E-state index contributed by atoms with van der Waals surface area (Å²) in [5, 5.41) is 1.71. The van der Waals surface area contributed by atoms with Crippen molar-refractivity contribution in [1.82, 2.24) is 14.0 Å². The van der Waals surface area contributed by atoms with Crippen molar-refractivity contribution in [3.05, 3.63) is 42.0 Å². The molecular formula is C15H19N3O4S3. The average molecular weight is 402 g/mol. The molecule has 0 bridgehead atoms. The highest BCUT2D eigenvalue weighted by Gasteiger charge is 2.31. The molecule has 25 heavy (non-hydrogen) atoms. The lowest BCUT2D eigenvalue weighted by Crippen LogP contribution is -2.43. The van der Waals surface area contributed by atoms with Crippen LogP contribution in [0.3, 0.4) is 0 Å². The van der Waals surface area contributed by atoms with E-state index in [0.717, 1.165) is 17.8 Å². The molecule has 2 aromatic heterocycles. The van der Waals surface area contributed by atoms with Crippen molar-refractivity contribution in [3.63, 3.8) is 0 Å². The van der Waals surface area contributed by atoms with E-state index in [2.05, 4.69) is 9.71 Å². The number of aromatic nitrogens is 1. The minimum atomic E-state index is -3.60. The maximum atomic E-state index is 12.7. The van der Waals surface area contributed by atoms with Gasteiger partial charge in [0.1, 0.15) is 9.10 Å². The maximum absolute atomic E-state index is 12.7. The van der Waals surface area contributed by atoms with Gasteiger partial charge in [-0.25, -0.2) is 21.6 Å². The molecule has 0 saturated carbocycles. The molecule has 0 radical (unpaired) electrons. The normalized spacial score (nSPS) is 19.8. The summed E-state index contributed by atoms with van der Waals surface area (Å²) in [6.45, 7) is 0.953. The highest BCUT2D eigenvalue weighted by molar-refractivity contribution is 7.91. The molecule has 3 rings (SSSR count).